The highest BCUT2D eigenvalue weighted by Gasteiger charge is 2.08. The lowest BCUT2D eigenvalue weighted by atomic mass is 10.2. The molecule has 0 unspecified atom stereocenters. The lowest BCUT2D eigenvalue weighted by Crippen LogP contribution is -2.12. The molecule has 0 aromatic carbocycles. The minimum absolute atomic E-state index is 0.233. The summed E-state index contributed by atoms with van der Waals surface area (Å²) in [5, 5.41) is 3.68. The predicted molar refractivity (Wildman–Crippen MR) is 92.8 cm³/mol. The number of rotatable bonds is 3. The van der Waals surface area contributed by atoms with Gasteiger partial charge in [-0.1, -0.05) is 0 Å². The van der Waals surface area contributed by atoms with Crippen LogP contribution >= 0.6 is 11.3 Å². The number of aromatic nitrogens is 4. The van der Waals surface area contributed by atoms with Gasteiger partial charge >= 0.3 is 0 Å². The van der Waals surface area contributed by atoms with Crippen molar-refractivity contribution in [2.75, 3.05) is 5.32 Å². The van der Waals surface area contributed by atoms with Crippen LogP contribution in [0.1, 0.15) is 10.4 Å². The minimum atomic E-state index is -0.233. The average Bonchev–Trinajstić information content (AvgIpc) is 3.16. The average molecular weight is 333 g/mol. The molecular formula is C17H11N5OS. The molecule has 4 rings (SSSR count). The Kier molecular flexibility index (Phi) is 3.68. The number of hydrogen-bond acceptors (Lipinski definition) is 6. The van der Waals surface area contributed by atoms with Crippen LogP contribution < -0.4 is 5.32 Å². The molecule has 0 fully saturated rings. The van der Waals surface area contributed by atoms with Gasteiger partial charge in [-0.2, -0.15) is 0 Å². The summed E-state index contributed by atoms with van der Waals surface area (Å²) in [5.74, 6) is 0.223. The van der Waals surface area contributed by atoms with E-state index in [2.05, 4.69) is 25.3 Å². The first kappa shape index (κ1) is 14.4. The SMILES string of the molecule is O=C(Nc1cc2nc(-c3cncs3)ccc2cn1)c1ccncc1. The van der Waals surface area contributed by atoms with E-state index in [0.29, 0.717) is 11.4 Å². The van der Waals surface area contributed by atoms with E-state index in [9.17, 15) is 4.79 Å². The molecule has 4 aromatic rings. The fourth-order valence-electron chi connectivity index (χ4n) is 2.26. The first-order valence-electron chi connectivity index (χ1n) is 7.17. The lowest BCUT2D eigenvalue weighted by molar-refractivity contribution is 0.102. The Bertz CT molecular complexity index is 1000. The Balaban J connectivity index is 1.66. The standard InChI is InChI=1S/C17H11N5OS/c23-17(11-3-5-18-6-4-11)22-16-7-14-12(8-20-16)1-2-13(21-14)15-9-19-10-24-15/h1-10H,(H,20,22,23). The zero-order valence-corrected chi connectivity index (χ0v) is 13.2. The summed E-state index contributed by atoms with van der Waals surface area (Å²) >= 11 is 1.53. The van der Waals surface area contributed by atoms with Gasteiger partial charge in [-0.15, -0.1) is 11.3 Å². The number of fused-ring (bicyclic) bond motifs is 1. The third-order valence-electron chi connectivity index (χ3n) is 3.44. The molecule has 0 saturated heterocycles. The van der Waals surface area contributed by atoms with Gasteiger partial charge in [-0.3, -0.25) is 14.8 Å². The second-order valence-electron chi connectivity index (χ2n) is 5.01. The van der Waals surface area contributed by atoms with Crippen LogP contribution in [0, 0.1) is 0 Å². The summed E-state index contributed by atoms with van der Waals surface area (Å²) in [4.78, 5) is 30.1. The number of thiazole rings is 1. The highest BCUT2D eigenvalue weighted by Crippen LogP contribution is 2.24. The van der Waals surface area contributed by atoms with Crippen LogP contribution in [0.25, 0.3) is 21.5 Å². The molecule has 4 heterocycles. The summed E-state index contributed by atoms with van der Waals surface area (Å²) < 4.78 is 0. The van der Waals surface area contributed by atoms with Crippen molar-refractivity contribution >= 4 is 34.0 Å². The van der Waals surface area contributed by atoms with Gasteiger partial charge < -0.3 is 5.32 Å². The van der Waals surface area contributed by atoms with Crippen molar-refractivity contribution in [3.63, 3.8) is 0 Å². The van der Waals surface area contributed by atoms with Crippen molar-refractivity contribution in [1.29, 1.82) is 0 Å². The van der Waals surface area contributed by atoms with Crippen LogP contribution in [0.3, 0.4) is 0 Å². The maximum absolute atomic E-state index is 12.2. The van der Waals surface area contributed by atoms with Crippen LogP contribution in [-0.2, 0) is 0 Å². The zero-order chi connectivity index (χ0) is 16.4. The highest BCUT2D eigenvalue weighted by molar-refractivity contribution is 7.13. The predicted octanol–water partition coefficient (Wildman–Crippen LogP) is 3.40. The minimum Gasteiger partial charge on any atom is -0.306 e. The van der Waals surface area contributed by atoms with Crippen molar-refractivity contribution in [1.82, 2.24) is 19.9 Å². The van der Waals surface area contributed by atoms with E-state index >= 15 is 0 Å². The molecule has 7 heteroatoms. The summed E-state index contributed by atoms with van der Waals surface area (Å²) in [6.45, 7) is 0. The van der Waals surface area contributed by atoms with Gasteiger partial charge in [-0.05, 0) is 24.3 Å². The molecule has 0 saturated carbocycles. The number of carbonyl (C=O) groups excluding carboxylic acids is 1. The zero-order valence-electron chi connectivity index (χ0n) is 12.4. The van der Waals surface area contributed by atoms with E-state index < -0.39 is 0 Å². The summed E-state index contributed by atoms with van der Waals surface area (Å²) in [5.41, 5.74) is 3.91. The van der Waals surface area contributed by atoms with Crippen molar-refractivity contribution in [3.05, 3.63) is 66.2 Å². The number of nitrogens with one attached hydrogen (secondary N) is 1. The number of anilines is 1. The van der Waals surface area contributed by atoms with Crippen molar-refractivity contribution in [2.45, 2.75) is 0 Å². The van der Waals surface area contributed by atoms with Gasteiger partial charge in [0, 0.05) is 41.8 Å². The highest BCUT2D eigenvalue weighted by atomic mass is 32.1. The topological polar surface area (TPSA) is 80.7 Å². The first-order valence-corrected chi connectivity index (χ1v) is 8.04. The Morgan fingerprint density at radius 1 is 1.04 bits per heavy atom. The normalized spacial score (nSPS) is 10.7. The Hall–Kier alpha value is -3.19. The van der Waals surface area contributed by atoms with Crippen LogP contribution in [0.4, 0.5) is 5.82 Å². The fraction of sp³-hybridized carbons (Fsp3) is 0. The van der Waals surface area contributed by atoms with Gasteiger partial charge in [-0.25, -0.2) is 9.97 Å². The van der Waals surface area contributed by atoms with E-state index in [1.165, 1.54) is 11.3 Å². The Morgan fingerprint density at radius 2 is 1.92 bits per heavy atom. The number of nitrogens with zero attached hydrogens (tertiary/aromatic N) is 4. The van der Waals surface area contributed by atoms with Crippen LogP contribution in [-0.4, -0.2) is 25.8 Å². The summed E-state index contributed by atoms with van der Waals surface area (Å²) in [6, 6.07) is 8.96. The molecule has 24 heavy (non-hydrogen) atoms. The number of amides is 1. The second-order valence-corrected chi connectivity index (χ2v) is 5.90. The summed E-state index contributed by atoms with van der Waals surface area (Å²) in [6.07, 6.45) is 6.63. The van der Waals surface area contributed by atoms with Gasteiger partial charge in [0.15, 0.2) is 0 Å². The molecule has 116 valence electrons. The maximum atomic E-state index is 12.2. The van der Waals surface area contributed by atoms with E-state index in [0.717, 1.165) is 21.5 Å². The Labute approximate surface area is 141 Å². The molecule has 0 bridgehead atoms. The number of hydrogen-bond donors (Lipinski definition) is 1. The van der Waals surface area contributed by atoms with Crippen LogP contribution in [0.15, 0.2) is 60.6 Å². The molecule has 0 aliphatic carbocycles. The molecule has 0 radical (unpaired) electrons. The molecule has 0 aliphatic heterocycles. The van der Waals surface area contributed by atoms with Gasteiger partial charge in [0.05, 0.1) is 21.6 Å². The molecule has 4 aromatic heterocycles. The van der Waals surface area contributed by atoms with Crippen LogP contribution in [0.2, 0.25) is 0 Å². The smallest absolute Gasteiger partial charge is 0.256 e. The second kappa shape index (κ2) is 6.13. The van der Waals surface area contributed by atoms with E-state index in [-0.39, 0.29) is 5.91 Å². The van der Waals surface area contributed by atoms with E-state index in [4.69, 9.17) is 0 Å². The third kappa shape index (κ3) is 2.84. The molecular weight excluding hydrogens is 322 g/mol. The van der Waals surface area contributed by atoms with E-state index in [1.807, 2.05) is 12.1 Å². The quantitative estimate of drug-likeness (QED) is 0.621. The Morgan fingerprint density at radius 3 is 2.71 bits per heavy atom. The van der Waals surface area contributed by atoms with Crippen molar-refractivity contribution in [3.8, 4) is 10.6 Å². The third-order valence-corrected chi connectivity index (χ3v) is 4.24. The van der Waals surface area contributed by atoms with Gasteiger partial charge in [0.1, 0.15) is 5.82 Å². The first-order chi connectivity index (χ1) is 11.8. The molecule has 1 amide bonds. The van der Waals surface area contributed by atoms with Gasteiger partial charge in [0.2, 0.25) is 0 Å². The van der Waals surface area contributed by atoms with Crippen molar-refractivity contribution in [2.24, 2.45) is 0 Å². The fourth-order valence-corrected chi connectivity index (χ4v) is 2.85. The summed E-state index contributed by atoms with van der Waals surface area (Å²) in [7, 11) is 0. The monoisotopic (exact) mass is 333 g/mol. The maximum Gasteiger partial charge on any atom is 0.256 e. The van der Waals surface area contributed by atoms with Gasteiger partial charge in [0.25, 0.3) is 5.91 Å². The van der Waals surface area contributed by atoms with Crippen LogP contribution in [0.5, 0.6) is 0 Å². The molecule has 0 spiro atoms. The van der Waals surface area contributed by atoms with E-state index in [1.54, 1.807) is 48.5 Å². The molecule has 6 nitrogen and oxygen atoms in total. The number of carbonyl (C=O) groups is 1. The number of pyridine rings is 3. The molecule has 0 aliphatic rings. The van der Waals surface area contributed by atoms with Crippen molar-refractivity contribution < 1.29 is 4.79 Å². The lowest BCUT2D eigenvalue weighted by Gasteiger charge is -2.06. The molecule has 0 atom stereocenters. The largest absolute Gasteiger partial charge is 0.306 e. The molecule has 1 N–H and O–H groups in total.